The van der Waals surface area contributed by atoms with Crippen molar-refractivity contribution in [3.8, 4) is 0 Å². The van der Waals surface area contributed by atoms with Crippen molar-refractivity contribution >= 4 is 11.0 Å². The Kier molecular flexibility index (Phi) is 2.04. The predicted molar refractivity (Wildman–Crippen MR) is 52.8 cm³/mol. The first kappa shape index (κ1) is 8.52. The third-order valence-electron chi connectivity index (χ3n) is 1.95. The third-order valence-corrected chi connectivity index (χ3v) is 1.95. The van der Waals surface area contributed by atoms with Crippen molar-refractivity contribution in [1.29, 1.82) is 0 Å². The van der Waals surface area contributed by atoms with Gasteiger partial charge in [-0.3, -0.25) is 0 Å². The topological polar surface area (TPSA) is 34.6 Å². The standard InChI is InChI=1S/C11H7NO2/c1-12-7-8-2-4-10-9(6-8)3-5-11(13)14-10/h2-6H,7H2. The Hall–Kier alpha value is -2.08. The summed E-state index contributed by atoms with van der Waals surface area (Å²) in [5, 5.41) is 0.853. The van der Waals surface area contributed by atoms with Gasteiger partial charge in [0.15, 0.2) is 0 Å². The second-order valence-corrected chi connectivity index (χ2v) is 2.94. The molecule has 0 aliphatic carbocycles. The van der Waals surface area contributed by atoms with Crippen LogP contribution in [0, 0.1) is 6.57 Å². The SMILES string of the molecule is [C-]#[N+]Cc1ccc2oc(=O)ccc2c1. The van der Waals surface area contributed by atoms with Crippen molar-refractivity contribution in [3.63, 3.8) is 0 Å². The van der Waals surface area contributed by atoms with Gasteiger partial charge in [-0.15, -0.1) is 0 Å². The van der Waals surface area contributed by atoms with E-state index in [1.165, 1.54) is 6.07 Å². The lowest BCUT2D eigenvalue weighted by molar-refractivity contribution is 0.561. The van der Waals surface area contributed by atoms with Crippen LogP contribution in [0.15, 0.2) is 39.5 Å². The van der Waals surface area contributed by atoms with Gasteiger partial charge in [0, 0.05) is 17.0 Å². The van der Waals surface area contributed by atoms with E-state index in [9.17, 15) is 4.79 Å². The third kappa shape index (κ3) is 1.50. The van der Waals surface area contributed by atoms with Gasteiger partial charge in [0.05, 0.1) is 0 Å². The van der Waals surface area contributed by atoms with E-state index < -0.39 is 0 Å². The quantitative estimate of drug-likeness (QED) is 0.504. The van der Waals surface area contributed by atoms with Crippen LogP contribution < -0.4 is 5.63 Å². The molecule has 0 unspecified atom stereocenters. The zero-order valence-electron chi connectivity index (χ0n) is 7.36. The summed E-state index contributed by atoms with van der Waals surface area (Å²) >= 11 is 0. The molecule has 68 valence electrons. The second kappa shape index (κ2) is 3.35. The van der Waals surface area contributed by atoms with Crippen LogP contribution >= 0.6 is 0 Å². The highest BCUT2D eigenvalue weighted by Gasteiger charge is 2.00. The molecular weight excluding hydrogens is 178 g/mol. The molecule has 1 aromatic heterocycles. The van der Waals surface area contributed by atoms with Gasteiger partial charge in [-0.1, -0.05) is 0 Å². The Morgan fingerprint density at radius 2 is 2.14 bits per heavy atom. The van der Waals surface area contributed by atoms with E-state index in [1.807, 2.05) is 6.07 Å². The molecule has 1 heterocycles. The zero-order chi connectivity index (χ0) is 9.97. The first-order chi connectivity index (χ1) is 6.79. The van der Waals surface area contributed by atoms with E-state index in [2.05, 4.69) is 4.85 Å². The molecule has 0 saturated heterocycles. The molecule has 0 aliphatic rings. The molecule has 0 spiro atoms. The predicted octanol–water partition coefficient (Wildman–Crippen LogP) is 2.21. The van der Waals surface area contributed by atoms with Crippen molar-refractivity contribution < 1.29 is 4.42 Å². The maximum Gasteiger partial charge on any atom is 0.336 e. The largest absolute Gasteiger partial charge is 0.423 e. The molecule has 3 heteroatoms. The summed E-state index contributed by atoms with van der Waals surface area (Å²) in [5.41, 5.74) is 1.14. The van der Waals surface area contributed by atoms with Crippen LogP contribution in [0.1, 0.15) is 5.56 Å². The van der Waals surface area contributed by atoms with Crippen LogP contribution in [0.4, 0.5) is 0 Å². The first-order valence-electron chi connectivity index (χ1n) is 4.15. The molecule has 14 heavy (non-hydrogen) atoms. The minimum absolute atomic E-state index is 0.351. The van der Waals surface area contributed by atoms with Crippen LogP contribution in [-0.4, -0.2) is 0 Å². The average Bonchev–Trinajstić information content (AvgIpc) is 2.19. The van der Waals surface area contributed by atoms with Crippen molar-refractivity contribution in [3.05, 3.63) is 57.7 Å². The molecule has 0 amide bonds. The fraction of sp³-hybridized carbons (Fsp3) is 0.0909. The summed E-state index contributed by atoms with van der Waals surface area (Å²) < 4.78 is 4.96. The molecule has 2 aromatic rings. The fourth-order valence-electron chi connectivity index (χ4n) is 1.31. The summed E-state index contributed by atoms with van der Waals surface area (Å²) in [7, 11) is 0. The van der Waals surface area contributed by atoms with Crippen LogP contribution in [-0.2, 0) is 6.54 Å². The normalized spacial score (nSPS) is 9.93. The van der Waals surface area contributed by atoms with Gasteiger partial charge in [-0.2, -0.15) is 0 Å². The molecule has 0 aliphatic heterocycles. The van der Waals surface area contributed by atoms with E-state index >= 15 is 0 Å². The van der Waals surface area contributed by atoms with Crippen molar-refractivity contribution in [2.45, 2.75) is 6.54 Å². The summed E-state index contributed by atoms with van der Waals surface area (Å²) in [6.07, 6.45) is 0. The van der Waals surface area contributed by atoms with E-state index in [4.69, 9.17) is 11.0 Å². The average molecular weight is 185 g/mol. The maximum absolute atomic E-state index is 10.9. The minimum Gasteiger partial charge on any atom is -0.423 e. The Balaban J connectivity index is 2.63. The Bertz CT molecular complexity index is 563. The summed E-state index contributed by atoms with van der Waals surface area (Å²) in [6, 6.07) is 8.45. The lowest BCUT2D eigenvalue weighted by Crippen LogP contribution is -1.94. The molecule has 3 nitrogen and oxygen atoms in total. The summed E-state index contributed by atoms with van der Waals surface area (Å²) in [6.45, 7) is 7.09. The molecule has 0 bridgehead atoms. The van der Waals surface area contributed by atoms with Gasteiger partial charge < -0.3 is 9.26 Å². The lowest BCUT2D eigenvalue weighted by atomic mass is 10.1. The Morgan fingerprint density at radius 1 is 1.29 bits per heavy atom. The highest BCUT2D eigenvalue weighted by Crippen LogP contribution is 2.14. The number of rotatable bonds is 1. The minimum atomic E-state index is -0.351. The monoisotopic (exact) mass is 185 g/mol. The maximum atomic E-state index is 10.9. The Labute approximate surface area is 80.4 Å². The number of fused-ring (bicyclic) bond motifs is 1. The van der Waals surface area contributed by atoms with Gasteiger partial charge in [0.1, 0.15) is 5.58 Å². The molecule has 0 radical (unpaired) electrons. The molecule has 0 N–H and O–H groups in total. The van der Waals surface area contributed by atoms with Crippen LogP contribution in [0.2, 0.25) is 0 Å². The van der Waals surface area contributed by atoms with E-state index in [0.717, 1.165) is 10.9 Å². The molecule has 1 aromatic carbocycles. The zero-order valence-corrected chi connectivity index (χ0v) is 7.36. The number of hydrogen-bond acceptors (Lipinski definition) is 2. The lowest BCUT2D eigenvalue weighted by Gasteiger charge is -1.96. The summed E-state index contributed by atoms with van der Waals surface area (Å²) in [4.78, 5) is 14.2. The van der Waals surface area contributed by atoms with Gasteiger partial charge in [0.2, 0.25) is 6.54 Å². The highest BCUT2D eigenvalue weighted by atomic mass is 16.4. The van der Waals surface area contributed by atoms with Gasteiger partial charge >= 0.3 is 5.63 Å². The molecule has 0 saturated carbocycles. The summed E-state index contributed by atoms with van der Waals surface area (Å²) in [5.74, 6) is 0. The highest BCUT2D eigenvalue weighted by molar-refractivity contribution is 5.76. The molecule has 0 fully saturated rings. The number of benzene rings is 1. The number of hydrogen-bond donors (Lipinski definition) is 0. The van der Waals surface area contributed by atoms with Crippen molar-refractivity contribution in [1.82, 2.24) is 0 Å². The Morgan fingerprint density at radius 3 is 2.93 bits per heavy atom. The smallest absolute Gasteiger partial charge is 0.336 e. The molecule has 0 atom stereocenters. The van der Waals surface area contributed by atoms with E-state index in [1.54, 1.807) is 18.2 Å². The molecule has 2 rings (SSSR count). The van der Waals surface area contributed by atoms with Crippen molar-refractivity contribution in [2.24, 2.45) is 0 Å². The fourth-order valence-corrected chi connectivity index (χ4v) is 1.31. The van der Waals surface area contributed by atoms with Crippen molar-refractivity contribution in [2.75, 3.05) is 0 Å². The molecular formula is C11H7NO2. The van der Waals surface area contributed by atoms with E-state index in [0.29, 0.717) is 12.1 Å². The number of nitrogens with zero attached hydrogens (tertiary/aromatic N) is 1. The van der Waals surface area contributed by atoms with Crippen LogP contribution in [0.25, 0.3) is 15.8 Å². The van der Waals surface area contributed by atoms with Crippen LogP contribution in [0.3, 0.4) is 0 Å². The first-order valence-corrected chi connectivity index (χ1v) is 4.15. The van der Waals surface area contributed by atoms with E-state index in [-0.39, 0.29) is 5.63 Å². The van der Waals surface area contributed by atoms with Crippen LogP contribution in [0.5, 0.6) is 0 Å². The van der Waals surface area contributed by atoms with Gasteiger partial charge in [-0.25, -0.2) is 11.4 Å². The van der Waals surface area contributed by atoms with Gasteiger partial charge in [-0.05, 0) is 24.3 Å². The van der Waals surface area contributed by atoms with Gasteiger partial charge in [0.25, 0.3) is 0 Å². The second-order valence-electron chi connectivity index (χ2n) is 2.94.